The number of hydrogen-bond donors (Lipinski definition) is 1. The summed E-state index contributed by atoms with van der Waals surface area (Å²) in [5.74, 6) is 0. The minimum Gasteiger partial charge on any atom is -0.361 e. The van der Waals surface area contributed by atoms with Gasteiger partial charge >= 0.3 is 6.18 Å². The van der Waals surface area contributed by atoms with Gasteiger partial charge in [-0.15, -0.1) is 0 Å². The summed E-state index contributed by atoms with van der Waals surface area (Å²) in [6, 6.07) is 6.15. The van der Waals surface area contributed by atoms with Crippen LogP contribution < -0.4 is 5.43 Å². The smallest absolute Gasteiger partial charge is 0.361 e. The molecule has 0 aliphatic carbocycles. The molecule has 0 bridgehead atoms. The number of H-pyrrole nitrogens is 1. The van der Waals surface area contributed by atoms with Crippen LogP contribution in [0.2, 0.25) is 0 Å². The molecule has 18 heavy (non-hydrogen) atoms. The van der Waals surface area contributed by atoms with Crippen molar-refractivity contribution in [3.8, 4) is 11.3 Å². The summed E-state index contributed by atoms with van der Waals surface area (Å²) in [6.45, 7) is 1.58. The van der Waals surface area contributed by atoms with E-state index in [0.717, 1.165) is 12.1 Å². The van der Waals surface area contributed by atoms with Crippen LogP contribution in [0, 0.1) is 6.92 Å². The molecule has 2 nitrogen and oxygen atoms in total. The van der Waals surface area contributed by atoms with Crippen molar-refractivity contribution in [2.24, 2.45) is 0 Å². The van der Waals surface area contributed by atoms with Gasteiger partial charge in [0.2, 0.25) is 0 Å². The molecule has 94 valence electrons. The largest absolute Gasteiger partial charge is 0.416 e. The van der Waals surface area contributed by atoms with Gasteiger partial charge in [-0.25, -0.2) is 0 Å². The number of hydrogen-bond acceptors (Lipinski definition) is 1. The molecule has 1 heterocycles. The van der Waals surface area contributed by atoms with E-state index in [1.807, 2.05) is 0 Å². The normalized spacial score (nSPS) is 11.6. The maximum Gasteiger partial charge on any atom is 0.416 e. The zero-order valence-electron chi connectivity index (χ0n) is 9.51. The quantitative estimate of drug-likeness (QED) is 0.830. The second-order valence-electron chi connectivity index (χ2n) is 3.97. The zero-order valence-corrected chi connectivity index (χ0v) is 9.51. The van der Waals surface area contributed by atoms with Gasteiger partial charge in [-0.2, -0.15) is 13.2 Å². The number of aromatic amines is 1. The van der Waals surface area contributed by atoms with E-state index in [4.69, 9.17) is 0 Å². The zero-order chi connectivity index (χ0) is 13.3. The van der Waals surface area contributed by atoms with Crippen LogP contribution in [0.4, 0.5) is 13.2 Å². The molecular formula is C13H10F3NO. The first-order chi connectivity index (χ1) is 8.38. The van der Waals surface area contributed by atoms with E-state index in [9.17, 15) is 18.0 Å². The highest BCUT2D eigenvalue weighted by atomic mass is 19.4. The molecule has 0 saturated carbocycles. The second kappa shape index (κ2) is 4.33. The number of alkyl halides is 3. The van der Waals surface area contributed by atoms with Gasteiger partial charge in [0.15, 0.2) is 5.43 Å². The monoisotopic (exact) mass is 253 g/mol. The molecule has 1 aromatic carbocycles. The van der Waals surface area contributed by atoms with Gasteiger partial charge in [-0.3, -0.25) is 4.79 Å². The summed E-state index contributed by atoms with van der Waals surface area (Å²) in [5, 5.41) is 0. The van der Waals surface area contributed by atoms with Crippen LogP contribution in [0.25, 0.3) is 11.3 Å². The van der Waals surface area contributed by atoms with Crippen LogP contribution in [0.5, 0.6) is 0 Å². The molecule has 0 aliphatic heterocycles. The van der Waals surface area contributed by atoms with Crippen LogP contribution in [-0.4, -0.2) is 4.98 Å². The fraction of sp³-hybridized carbons (Fsp3) is 0.154. The first kappa shape index (κ1) is 12.4. The van der Waals surface area contributed by atoms with Crippen molar-refractivity contribution >= 4 is 0 Å². The Morgan fingerprint density at radius 1 is 1.11 bits per heavy atom. The third kappa shape index (κ3) is 2.45. The summed E-state index contributed by atoms with van der Waals surface area (Å²) < 4.78 is 37.5. The van der Waals surface area contributed by atoms with Crippen LogP contribution in [0.1, 0.15) is 11.1 Å². The molecule has 5 heteroatoms. The molecule has 2 aromatic rings. The van der Waals surface area contributed by atoms with Gasteiger partial charge in [-0.1, -0.05) is 6.07 Å². The van der Waals surface area contributed by atoms with Gasteiger partial charge in [0.25, 0.3) is 0 Å². The van der Waals surface area contributed by atoms with Gasteiger partial charge in [0.1, 0.15) is 0 Å². The van der Waals surface area contributed by atoms with Crippen molar-refractivity contribution in [1.82, 2.24) is 4.98 Å². The Morgan fingerprint density at radius 2 is 1.83 bits per heavy atom. The molecule has 0 aliphatic rings. The molecule has 0 unspecified atom stereocenters. The maximum absolute atomic E-state index is 12.5. The van der Waals surface area contributed by atoms with Crippen molar-refractivity contribution in [2.45, 2.75) is 13.1 Å². The number of rotatable bonds is 1. The third-order valence-corrected chi connectivity index (χ3v) is 2.62. The summed E-state index contributed by atoms with van der Waals surface area (Å²) in [4.78, 5) is 14.0. The van der Waals surface area contributed by atoms with Crippen molar-refractivity contribution in [3.63, 3.8) is 0 Å². The summed E-state index contributed by atoms with van der Waals surface area (Å²) in [7, 11) is 0. The minimum atomic E-state index is -4.35. The lowest BCUT2D eigenvalue weighted by molar-refractivity contribution is -0.137. The lowest BCUT2D eigenvalue weighted by atomic mass is 10.0. The highest BCUT2D eigenvalue weighted by Gasteiger charge is 2.30. The van der Waals surface area contributed by atoms with Crippen molar-refractivity contribution in [1.29, 1.82) is 0 Å². The van der Waals surface area contributed by atoms with Gasteiger partial charge in [-0.05, 0) is 24.6 Å². The molecule has 1 N–H and O–H groups in total. The highest BCUT2D eigenvalue weighted by molar-refractivity contribution is 5.63. The standard InChI is InChI=1S/C13H10F3NO/c1-8-6-9(13(14,15)16)2-3-11(8)12-7-10(18)4-5-17-12/h2-7H,1H3,(H,17,18). The molecule has 0 fully saturated rings. The predicted molar refractivity (Wildman–Crippen MR) is 62.2 cm³/mol. The Balaban J connectivity index is 2.52. The molecule has 0 radical (unpaired) electrons. The Kier molecular flexibility index (Phi) is 2.98. The summed E-state index contributed by atoms with van der Waals surface area (Å²) in [6.07, 6.45) is -2.89. The Hall–Kier alpha value is -2.04. The first-order valence-corrected chi connectivity index (χ1v) is 5.25. The van der Waals surface area contributed by atoms with Crippen molar-refractivity contribution < 1.29 is 13.2 Å². The minimum absolute atomic E-state index is 0.192. The fourth-order valence-electron chi connectivity index (χ4n) is 1.74. The Morgan fingerprint density at radius 3 is 2.39 bits per heavy atom. The number of aromatic nitrogens is 1. The van der Waals surface area contributed by atoms with E-state index in [-0.39, 0.29) is 5.43 Å². The number of benzene rings is 1. The van der Waals surface area contributed by atoms with E-state index in [0.29, 0.717) is 16.8 Å². The highest BCUT2D eigenvalue weighted by Crippen LogP contribution is 2.32. The van der Waals surface area contributed by atoms with E-state index in [1.54, 1.807) is 6.92 Å². The van der Waals surface area contributed by atoms with Crippen LogP contribution >= 0.6 is 0 Å². The number of pyridine rings is 1. The van der Waals surface area contributed by atoms with E-state index in [2.05, 4.69) is 4.98 Å². The molecule has 0 atom stereocenters. The molecular weight excluding hydrogens is 243 g/mol. The molecule has 0 saturated heterocycles. The third-order valence-electron chi connectivity index (χ3n) is 2.62. The Labute approximate surface area is 101 Å². The van der Waals surface area contributed by atoms with Crippen LogP contribution in [0.3, 0.4) is 0 Å². The molecule has 0 spiro atoms. The lowest BCUT2D eigenvalue weighted by Crippen LogP contribution is -2.05. The van der Waals surface area contributed by atoms with Gasteiger partial charge < -0.3 is 4.98 Å². The Bertz CT molecular complexity index is 629. The van der Waals surface area contributed by atoms with Crippen molar-refractivity contribution in [2.75, 3.05) is 0 Å². The summed E-state index contributed by atoms with van der Waals surface area (Å²) in [5.41, 5.74) is 0.672. The topological polar surface area (TPSA) is 32.9 Å². The number of halogens is 3. The maximum atomic E-state index is 12.5. The number of aryl methyl sites for hydroxylation is 1. The van der Waals surface area contributed by atoms with E-state index >= 15 is 0 Å². The van der Waals surface area contributed by atoms with E-state index in [1.165, 1.54) is 24.4 Å². The fourth-order valence-corrected chi connectivity index (χ4v) is 1.74. The molecule has 0 amide bonds. The average molecular weight is 253 g/mol. The van der Waals surface area contributed by atoms with Crippen LogP contribution in [-0.2, 0) is 6.18 Å². The van der Waals surface area contributed by atoms with Crippen LogP contribution in [0.15, 0.2) is 41.3 Å². The van der Waals surface area contributed by atoms with Gasteiger partial charge in [0.05, 0.1) is 5.56 Å². The van der Waals surface area contributed by atoms with E-state index < -0.39 is 11.7 Å². The molecule has 1 aromatic heterocycles. The molecule has 2 rings (SSSR count). The lowest BCUT2D eigenvalue weighted by Gasteiger charge is -2.10. The second-order valence-corrected chi connectivity index (χ2v) is 3.97. The predicted octanol–water partition coefficient (Wildman–Crippen LogP) is 3.37. The van der Waals surface area contributed by atoms with Gasteiger partial charge in [0, 0.05) is 29.6 Å². The van der Waals surface area contributed by atoms with Crippen molar-refractivity contribution in [3.05, 3.63) is 57.9 Å². The average Bonchev–Trinajstić information content (AvgIpc) is 2.27. The SMILES string of the molecule is Cc1cc(C(F)(F)F)ccc1-c1cc(=O)cc[nH]1. The first-order valence-electron chi connectivity index (χ1n) is 5.25. The number of nitrogens with one attached hydrogen (secondary N) is 1. The summed E-state index contributed by atoms with van der Waals surface area (Å²) >= 11 is 0.